The summed E-state index contributed by atoms with van der Waals surface area (Å²) in [5.74, 6) is -1.05. The molecule has 30 heavy (non-hydrogen) atoms. The number of halogens is 2. The number of benzene rings is 1. The molecule has 0 aromatic heterocycles. The summed E-state index contributed by atoms with van der Waals surface area (Å²) in [5, 5.41) is 0.730. The monoisotopic (exact) mass is 458 g/mol. The largest absolute Gasteiger partial charge is 0.480 e. The lowest BCUT2D eigenvalue weighted by atomic mass is 10.1. The van der Waals surface area contributed by atoms with Gasteiger partial charge < -0.3 is 14.2 Å². The van der Waals surface area contributed by atoms with Crippen molar-refractivity contribution in [1.29, 1.82) is 0 Å². The predicted molar refractivity (Wildman–Crippen MR) is 120 cm³/mol. The second-order valence-corrected chi connectivity index (χ2v) is 8.07. The van der Waals surface area contributed by atoms with Crippen molar-refractivity contribution in [3.63, 3.8) is 0 Å². The molecule has 0 aliphatic rings. The highest BCUT2D eigenvalue weighted by molar-refractivity contribution is 6.35. The van der Waals surface area contributed by atoms with Gasteiger partial charge in [0.1, 0.15) is 5.75 Å². The number of hydrogen-bond donors (Lipinski definition) is 0. The molecule has 0 saturated carbocycles. The van der Waals surface area contributed by atoms with Crippen LogP contribution in [0.4, 0.5) is 0 Å². The molecule has 0 saturated heterocycles. The normalized spacial score (nSPS) is 11.6. The molecule has 168 valence electrons. The van der Waals surface area contributed by atoms with Crippen molar-refractivity contribution >= 4 is 35.1 Å². The van der Waals surface area contributed by atoms with E-state index in [2.05, 4.69) is 13.5 Å². The van der Waals surface area contributed by atoms with E-state index in [0.29, 0.717) is 23.0 Å². The summed E-state index contributed by atoms with van der Waals surface area (Å²) in [6.45, 7) is 7.41. The molecule has 0 amide bonds. The fourth-order valence-electron chi connectivity index (χ4n) is 2.73. The van der Waals surface area contributed by atoms with Crippen molar-refractivity contribution in [2.45, 2.75) is 71.3 Å². The molecule has 1 aromatic carbocycles. The van der Waals surface area contributed by atoms with Gasteiger partial charge in [0, 0.05) is 5.02 Å². The van der Waals surface area contributed by atoms with Crippen molar-refractivity contribution in [2.24, 2.45) is 0 Å². The molecule has 7 heteroatoms. The Hall–Kier alpha value is -1.72. The quantitative estimate of drug-likeness (QED) is 0.169. The maximum atomic E-state index is 12.3. The number of esters is 2. The summed E-state index contributed by atoms with van der Waals surface area (Å²) in [4.78, 5) is 24.3. The van der Waals surface area contributed by atoms with Gasteiger partial charge in [-0.1, -0.05) is 81.7 Å². The van der Waals surface area contributed by atoms with E-state index in [9.17, 15) is 9.59 Å². The lowest BCUT2D eigenvalue weighted by Gasteiger charge is -2.17. The zero-order chi connectivity index (χ0) is 22.4. The molecule has 1 aromatic rings. The first-order chi connectivity index (χ1) is 14.3. The third-order valence-electron chi connectivity index (χ3n) is 4.39. The lowest BCUT2D eigenvalue weighted by molar-refractivity contribution is -0.166. The summed E-state index contributed by atoms with van der Waals surface area (Å²) in [7, 11) is 0. The smallest absolute Gasteiger partial charge is 0.351 e. The Morgan fingerprint density at radius 1 is 1.03 bits per heavy atom. The fourth-order valence-corrected chi connectivity index (χ4v) is 3.19. The Balaban J connectivity index is 2.32. The van der Waals surface area contributed by atoms with Gasteiger partial charge in [0.25, 0.3) is 0 Å². The van der Waals surface area contributed by atoms with Crippen molar-refractivity contribution < 1.29 is 23.8 Å². The SMILES string of the molecule is C=C(C)C(OC(=O)COc1ccc(Cl)cc1Cl)C(=O)OCCCCCCCCCC. The van der Waals surface area contributed by atoms with Gasteiger partial charge in [-0.25, -0.2) is 9.59 Å². The highest BCUT2D eigenvalue weighted by Crippen LogP contribution is 2.27. The minimum atomic E-state index is -1.16. The van der Waals surface area contributed by atoms with Crippen LogP contribution in [0, 0.1) is 0 Å². The van der Waals surface area contributed by atoms with Gasteiger partial charge in [0.15, 0.2) is 6.61 Å². The van der Waals surface area contributed by atoms with Crippen LogP contribution in [-0.2, 0) is 19.1 Å². The van der Waals surface area contributed by atoms with E-state index in [-0.39, 0.29) is 5.02 Å². The summed E-state index contributed by atoms with van der Waals surface area (Å²) in [5.41, 5.74) is 0.383. The molecule has 1 rings (SSSR count). The van der Waals surface area contributed by atoms with Crippen molar-refractivity contribution in [3.05, 3.63) is 40.4 Å². The van der Waals surface area contributed by atoms with Crippen molar-refractivity contribution in [2.75, 3.05) is 13.2 Å². The minimum Gasteiger partial charge on any atom is -0.480 e. The second-order valence-electron chi connectivity index (χ2n) is 7.22. The van der Waals surface area contributed by atoms with Gasteiger partial charge in [-0.05, 0) is 37.1 Å². The molecular weight excluding hydrogens is 427 g/mol. The second kappa shape index (κ2) is 15.1. The fraction of sp³-hybridized carbons (Fsp3) is 0.565. The van der Waals surface area contributed by atoms with E-state index in [0.717, 1.165) is 19.3 Å². The van der Waals surface area contributed by atoms with Crippen LogP contribution in [0.15, 0.2) is 30.4 Å². The van der Waals surface area contributed by atoms with Crippen molar-refractivity contribution in [3.8, 4) is 5.75 Å². The maximum Gasteiger partial charge on any atom is 0.351 e. The van der Waals surface area contributed by atoms with E-state index in [4.69, 9.17) is 37.4 Å². The Morgan fingerprint density at radius 2 is 1.67 bits per heavy atom. The van der Waals surface area contributed by atoms with Gasteiger partial charge >= 0.3 is 11.9 Å². The number of rotatable bonds is 15. The molecular formula is C23H32Cl2O5. The van der Waals surface area contributed by atoms with Crippen LogP contribution in [0.1, 0.15) is 65.2 Å². The van der Waals surface area contributed by atoms with Crippen LogP contribution < -0.4 is 4.74 Å². The van der Waals surface area contributed by atoms with E-state index >= 15 is 0 Å². The summed E-state index contributed by atoms with van der Waals surface area (Å²) >= 11 is 11.8. The zero-order valence-electron chi connectivity index (χ0n) is 17.9. The first kappa shape index (κ1) is 26.3. The van der Waals surface area contributed by atoms with Gasteiger partial charge in [-0.15, -0.1) is 0 Å². The Morgan fingerprint density at radius 3 is 2.27 bits per heavy atom. The van der Waals surface area contributed by atoms with Crippen molar-refractivity contribution in [1.82, 2.24) is 0 Å². The summed E-state index contributed by atoms with van der Waals surface area (Å²) in [6.07, 6.45) is 8.04. The number of ether oxygens (including phenoxy) is 3. The molecule has 5 nitrogen and oxygen atoms in total. The van der Waals surface area contributed by atoms with Crippen LogP contribution >= 0.6 is 23.2 Å². The van der Waals surface area contributed by atoms with Gasteiger partial charge in [-0.3, -0.25) is 0 Å². The third-order valence-corrected chi connectivity index (χ3v) is 4.92. The molecule has 1 atom stereocenters. The van der Waals surface area contributed by atoms with Gasteiger partial charge in [-0.2, -0.15) is 0 Å². The third kappa shape index (κ3) is 10.9. The molecule has 0 aliphatic heterocycles. The van der Waals surface area contributed by atoms with Gasteiger partial charge in [0.05, 0.1) is 11.6 Å². The van der Waals surface area contributed by atoms with Crippen LogP contribution in [0.5, 0.6) is 5.75 Å². The van der Waals surface area contributed by atoms with Crippen LogP contribution in [0.2, 0.25) is 10.0 Å². The number of carbonyl (C=O) groups excluding carboxylic acids is 2. The predicted octanol–water partition coefficient (Wildman–Crippen LogP) is 6.54. The first-order valence-electron chi connectivity index (χ1n) is 10.4. The van der Waals surface area contributed by atoms with Crippen LogP contribution in [0.25, 0.3) is 0 Å². The average molecular weight is 459 g/mol. The molecule has 1 unspecified atom stereocenters. The van der Waals surface area contributed by atoms with E-state index < -0.39 is 24.6 Å². The number of carbonyl (C=O) groups is 2. The maximum absolute atomic E-state index is 12.3. The topological polar surface area (TPSA) is 61.8 Å². The highest BCUT2D eigenvalue weighted by atomic mass is 35.5. The average Bonchev–Trinajstić information content (AvgIpc) is 2.69. The molecule has 0 fully saturated rings. The lowest BCUT2D eigenvalue weighted by Crippen LogP contribution is -2.32. The van der Waals surface area contributed by atoms with Crippen LogP contribution in [-0.4, -0.2) is 31.3 Å². The molecule has 0 radical (unpaired) electrons. The van der Waals surface area contributed by atoms with Crippen LogP contribution in [0.3, 0.4) is 0 Å². The summed E-state index contributed by atoms with van der Waals surface area (Å²) in [6, 6.07) is 4.64. The van der Waals surface area contributed by atoms with Gasteiger partial charge in [0.2, 0.25) is 6.10 Å². The molecule has 0 N–H and O–H groups in total. The summed E-state index contributed by atoms with van der Waals surface area (Å²) < 4.78 is 15.8. The first-order valence-corrected chi connectivity index (χ1v) is 11.2. The molecule has 0 spiro atoms. The number of unbranched alkanes of at least 4 members (excludes halogenated alkanes) is 7. The highest BCUT2D eigenvalue weighted by Gasteiger charge is 2.25. The van der Waals surface area contributed by atoms with E-state index in [1.165, 1.54) is 38.2 Å². The Labute approximate surface area is 189 Å². The standard InChI is InChI=1S/C23H32Cl2O5/c1-4-5-6-7-8-9-10-11-14-28-23(27)22(17(2)3)30-21(26)16-29-20-13-12-18(24)15-19(20)25/h12-13,15,22H,2,4-11,14,16H2,1,3H3. The Kier molecular flexibility index (Phi) is 13.3. The Bertz CT molecular complexity index is 690. The molecule has 0 heterocycles. The van der Waals surface area contributed by atoms with E-state index in [1.807, 2.05) is 0 Å². The number of hydrogen-bond acceptors (Lipinski definition) is 5. The minimum absolute atomic E-state index is 0.275. The molecule has 0 aliphatic carbocycles. The zero-order valence-corrected chi connectivity index (χ0v) is 19.4. The van der Waals surface area contributed by atoms with E-state index in [1.54, 1.807) is 19.1 Å². The molecule has 0 bridgehead atoms.